The van der Waals surface area contributed by atoms with Gasteiger partial charge in [-0.25, -0.2) is 0 Å². The molecule has 0 N–H and O–H groups in total. The van der Waals surface area contributed by atoms with Gasteiger partial charge >= 0.3 is 0 Å². The second-order valence-corrected chi connectivity index (χ2v) is 7.91. The van der Waals surface area contributed by atoms with E-state index in [1.807, 2.05) is 0 Å². The quantitative estimate of drug-likeness (QED) is 0.736. The van der Waals surface area contributed by atoms with Crippen LogP contribution >= 0.6 is 0 Å². The fourth-order valence-corrected chi connectivity index (χ4v) is 5.37. The minimum atomic E-state index is -0.0719. The second kappa shape index (κ2) is 7.94. The lowest BCUT2D eigenvalue weighted by atomic mass is 9.62. The summed E-state index contributed by atoms with van der Waals surface area (Å²) in [4.78, 5) is 2.70. The van der Waals surface area contributed by atoms with E-state index >= 15 is 0 Å². The Morgan fingerprint density at radius 2 is 1.54 bits per heavy atom. The number of piperidine rings is 1. The second-order valence-electron chi connectivity index (χ2n) is 7.91. The molecule has 0 radical (unpaired) electrons. The van der Waals surface area contributed by atoms with Gasteiger partial charge < -0.3 is 9.64 Å². The summed E-state index contributed by atoms with van der Waals surface area (Å²) in [5.41, 5.74) is 2.78. The number of hydrogen-bond acceptors (Lipinski definition) is 2. The van der Waals surface area contributed by atoms with E-state index in [1.165, 1.54) is 30.4 Å². The van der Waals surface area contributed by atoms with Crippen molar-refractivity contribution < 1.29 is 4.74 Å². The van der Waals surface area contributed by atoms with E-state index in [9.17, 15) is 0 Å². The van der Waals surface area contributed by atoms with Crippen LogP contribution in [0, 0.1) is 11.8 Å². The standard InChI is InChI=1S/C24H31NO/c1-2-26-24(21-12-7-4-8-13-21)22-14-9-15-23(24)19-25(18-22)17-16-20-10-5-3-6-11-20/h3-8,10-13,22-23H,2,9,14-19H2,1H3. The van der Waals surface area contributed by atoms with Crippen molar-refractivity contribution in [1.29, 1.82) is 0 Å². The molecule has 2 heteroatoms. The number of hydrogen-bond donors (Lipinski definition) is 0. The van der Waals surface area contributed by atoms with Crippen LogP contribution in [0.15, 0.2) is 60.7 Å². The van der Waals surface area contributed by atoms with Gasteiger partial charge in [0.25, 0.3) is 0 Å². The minimum absolute atomic E-state index is 0.0719. The van der Waals surface area contributed by atoms with Gasteiger partial charge in [-0.05, 0) is 37.3 Å². The van der Waals surface area contributed by atoms with Crippen molar-refractivity contribution in [3.63, 3.8) is 0 Å². The predicted molar refractivity (Wildman–Crippen MR) is 107 cm³/mol. The van der Waals surface area contributed by atoms with Crippen LogP contribution in [0.4, 0.5) is 0 Å². The summed E-state index contributed by atoms with van der Waals surface area (Å²) in [6.45, 7) is 6.44. The Bertz CT molecular complexity index is 670. The van der Waals surface area contributed by atoms with Gasteiger partial charge in [0, 0.05) is 38.1 Å². The van der Waals surface area contributed by atoms with E-state index in [4.69, 9.17) is 4.74 Å². The van der Waals surface area contributed by atoms with Crippen molar-refractivity contribution in [2.24, 2.45) is 11.8 Å². The van der Waals surface area contributed by atoms with Crippen molar-refractivity contribution in [3.8, 4) is 0 Å². The Labute approximate surface area is 158 Å². The number of benzene rings is 2. The summed E-state index contributed by atoms with van der Waals surface area (Å²) in [5, 5.41) is 0. The van der Waals surface area contributed by atoms with Gasteiger partial charge in [-0.3, -0.25) is 0 Å². The van der Waals surface area contributed by atoms with Crippen molar-refractivity contribution in [2.45, 2.75) is 38.2 Å². The highest BCUT2D eigenvalue weighted by Crippen LogP contribution is 2.51. The van der Waals surface area contributed by atoms with Crippen LogP contribution in [0.2, 0.25) is 0 Å². The van der Waals surface area contributed by atoms with Crippen LogP contribution in [-0.4, -0.2) is 31.1 Å². The van der Waals surface area contributed by atoms with Gasteiger partial charge in [0.05, 0.1) is 0 Å². The van der Waals surface area contributed by atoms with Gasteiger partial charge in [-0.1, -0.05) is 67.1 Å². The van der Waals surface area contributed by atoms with Crippen molar-refractivity contribution in [1.82, 2.24) is 4.90 Å². The fourth-order valence-electron chi connectivity index (χ4n) is 5.37. The zero-order valence-electron chi connectivity index (χ0n) is 15.9. The van der Waals surface area contributed by atoms with Crippen LogP contribution in [0.1, 0.15) is 37.3 Å². The van der Waals surface area contributed by atoms with Crippen LogP contribution in [0.5, 0.6) is 0 Å². The minimum Gasteiger partial charge on any atom is -0.370 e. The Morgan fingerprint density at radius 3 is 2.15 bits per heavy atom. The van der Waals surface area contributed by atoms with Crippen molar-refractivity contribution in [2.75, 3.05) is 26.2 Å². The van der Waals surface area contributed by atoms with Gasteiger partial charge in [0.2, 0.25) is 0 Å². The van der Waals surface area contributed by atoms with Crippen molar-refractivity contribution in [3.05, 3.63) is 71.8 Å². The molecule has 2 atom stereocenters. The maximum atomic E-state index is 6.61. The van der Waals surface area contributed by atoms with Gasteiger partial charge in [-0.15, -0.1) is 0 Å². The number of fused-ring (bicyclic) bond motifs is 2. The van der Waals surface area contributed by atoms with Gasteiger partial charge in [0.15, 0.2) is 0 Å². The lowest BCUT2D eigenvalue weighted by Crippen LogP contribution is -2.59. The zero-order chi connectivity index (χ0) is 17.8. The fraction of sp³-hybridized carbons (Fsp3) is 0.500. The van der Waals surface area contributed by atoms with Crippen LogP contribution in [0.3, 0.4) is 0 Å². The molecule has 2 aromatic rings. The highest BCUT2D eigenvalue weighted by molar-refractivity contribution is 5.27. The number of ether oxygens (including phenoxy) is 1. The summed E-state index contributed by atoms with van der Waals surface area (Å²) in [7, 11) is 0. The highest BCUT2D eigenvalue weighted by Gasteiger charge is 2.53. The molecule has 1 aliphatic heterocycles. The first kappa shape index (κ1) is 17.8. The molecule has 1 saturated heterocycles. The van der Waals surface area contributed by atoms with E-state index < -0.39 is 0 Å². The average molecular weight is 350 g/mol. The molecule has 2 nitrogen and oxygen atoms in total. The molecule has 2 aliphatic rings. The molecule has 138 valence electrons. The molecule has 0 amide bonds. The molecular weight excluding hydrogens is 318 g/mol. The van der Waals surface area contributed by atoms with E-state index in [0.717, 1.165) is 32.7 Å². The largest absolute Gasteiger partial charge is 0.370 e. The normalized spacial score (nSPS) is 28.8. The van der Waals surface area contributed by atoms with Gasteiger partial charge in [0.1, 0.15) is 5.60 Å². The molecule has 26 heavy (non-hydrogen) atoms. The lowest BCUT2D eigenvalue weighted by molar-refractivity contribution is -0.183. The summed E-state index contributed by atoms with van der Waals surface area (Å²) in [5.74, 6) is 1.21. The molecule has 2 fully saturated rings. The summed E-state index contributed by atoms with van der Waals surface area (Å²) in [6, 6.07) is 21.9. The van der Waals surface area contributed by atoms with Crippen LogP contribution < -0.4 is 0 Å². The molecule has 2 aromatic carbocycles. The molecule has 2 bridgehead atoms. The molecule has 2 unspecified atom stereocenters. The summed E-state index contributed by atoms with van der Waals surface area (Å²) in [6.07, 6.45) is 5.07. The Kier molecular flexibility index (Phi) is 5.42. The zero-order valence-corrected chi connectivity index (χ0v) is 15.9. The Balaban J connectivity index is 1.54. The number of nitrogens with zero attached hydrogens (tertiary/aromatic N) is 1. The first-order valence-corrected chi connectivity index (χ1v) is 10.3. The van der Waals surface area contributed by atoms with E-state index in [0.29, 0.717) is 11.8 Å². The monoisotopic (exact) mass is 349 g/mol. The van der Waals surface area contributed by atoms with Gasteiger partial charge in [-0.2, -0.15) is 0 Å². The maximum Gasteiger partial charge on any atom is 0.101 e. The third-order valence-electron chi connectivity index (χ3n) is 6.44. The number of likely N-dealkylation sites (tertiary alicyclic amines) is 1. The van der Waals surface area contributed by atoms with E-state index in [1.54, 1.807) is 0 Å². The first-order valence-electron chi connectivity index (χ1n) is 10.3. The maximum absolute atomic E-state index is 6.61. The molecule has 1 heterocycles. The molecule has 1 aliphatic carbocycles. The van der Waals surface area contributed by atoms with Crippen LogP contribution in [-0.2, 0) is 16.8 Å². The third kappa shape index (κ3) is 3.33. The lowest BCUT2D eigenvalue weighted by Gasteiger charge is -2.56. The Hall–Kier alpha value is -1.64. The van der Waals surface area contributed by atoms with Crippen LogP contribution in [0.25, 0.3) is 0 Å². The number of rotatable bonds is 6. The summed E-state index contributed by atoms with van der Waals surface area (Å²) < 4.78 is 6.61. The molecule has 1 saturated carbocycles. The van der Waals surface area contributed by atoms with E-state index in [2.05, 4.69) is 72.5 Å². The van der Waals surface area contributed by atoms with E-state index in [-0.39, 0.29) is 5.60 Å². The highest BCUT2D eigenvalue weighted by atomic mass is 16.5. The Morgan fingerprint density at radius 1 is 0.923 bits per heavy atom. The average Bonchev–Trinajstić information content (AvgIpc) is 2.68. The van der Waals surface area contributed by atoms with Crippen molar-refractivity contribution >= 4 is 0 Å². The predicted octanol–water partition coefficient (Wildman–Crippen LogP) is 4.89. The molecule has 0 spiro atoms. The molecule has 4 rings (SSSR count). The first-order chi connectivity index (χ1) is 12.8. The summed E-state index contributed by atoms with van der Waals surface area (Å²) >= 11 is 0. The smallest absolute Gasteiger partial charge is 0.101 e. The third-order valence-corrected chi connectivity index (χ3v) is 6.44. The molecule has 0 aromatic heterocycles. The molecular formula is C24H31NO. The SMILES string of the molecule is CCOC1(c2ccccc2)C2CCCC1CN(CCc1ccccc1)C2. The topological polar surface area (TPSA) is 12.5 Å².